The average molecular weight is 374 g/mol. The molecule has 0 aromatic carbocycles. The van der Waals surface area contributed by atoms with Crippen molar-refractivity contribution in [2.24, 2.45) is 0 Å². The van der Waals surface area contributed by atoms with Gasteiger partial charge in [0, 0.05) is 36.7 Å². The Morgan fingerprint density at radius 2 is 2.00 bits per heavy atom. The molecule has 0 saturated carbocycles. The van der Waals surface area contributed by atoms with Crippen LogP contribution in [0.5, 0.6) is 0 Å². The molecule has 2 saturated heterocycles. The fourth-order valence-electron chi connectivity index (χ4n) is 4.24. The number of hydrogen-bond acceptors (Lipinski definition) is 5. The van der Waals surface area contributed by atoms with E-state index in [0.717, 1.165) is 18.5 Å². The first-order chi connectivity index (χ1) is 13.7. The van der Waals surface area contributed by atoms with E-state index in [-0.39, 0.29) is 5.43 Å². The number of aromatic nitrogens is 5. The van der Waals surface area contributed by atoms with Crippen LogP contribution in [0.25, 0.3) is 23.2 Å². The highest BCUT2D eigenvalue weighted by Crippen LogP contribution is 2.30. The van der Waals surface area contributed by atoms with Gasteiger partial charge in [-0.25, -0.2) is 4.98 Å². The normalized spacial score (nSPS) is 21.5. The molecule has 0 aliphatic carbocycles. The first-order valence-electron chi connectivity index (χ1n) is 9.73. The van der Waals surface area contributed by atoms with Crippen molar-refractivity contribution in [2.75, 3.05) is 0 Å². The maximum absolute atomic E-state index is 12.5. The second-order valence-electron chi connectivity index (χ2n) is 7.59. The van der Waals surface area contributed by atoms with Crippen molar-refractivity contribution in [3.63, 3.8) is 0 Å². The molecule has 2 unspecified atom stereocenters. The monoisotopic (exact) mass is 374 g/mol. The largest absolute Gasteiger partial charge is 0.347 e. The van der Waals surface area contributed by atoms with Gasteiger partial charge in [-0.1, -0.05) is 12.0 Å². The molecular weight excluding hydrogens is 352 g/mol. The fourth-order valence-corrected chi connectivity index (χ4v) is 4.24. The first kappa shape index (κ1) is 17.1. The smallest absolute Gasteiger partial charge is 0.193 e. The lowest BCUT2D eigenvalue weighted by Gasteiger charge is -2.37. The van der Waals surface area contributed by atoms with Crippen LogP contribution in [0.4, 0.5) is 0 Å². The molecule has 2 aliphatic rings. The Bertz CT molecular complexity index is 1040. The maximum atomic E-state index is 12.5. The van der Waals surface area contributed by atoms with Gasteiger partial charge in [-0.3, -0.25) is 19.3 Å². The van der Waals surface area contributed by atoms with E-state index in [1.54, 1.807) is 47.9 Å². The molecule has 3 aromatic heterocycles. The summed E-state index contributed by atoms with van der Waals surface area (Å²) in [5, 5.41) is 3.70. The third-order valence-corrected chi connectivity index (χ3v) is 5.57. The van der Waals surface area contributed by atoms with Crippen molar-refractivity contribution in [1.82, 2.24) is 29.8 Å². The first-order valence-corrected chi connectivity index (χ1v) is 9.73. The van der Waals surface area contributed by atoms with Gasteiger partial charge in [-0.2, -0.15) is 0 Å². The Kier molecular flexibility index (Phi) is 4.37. The van der Waals surface area contributed by atoms with Crippen molar-refractivity contribution >= 4 is 6.08 Å². The zero-order valence-electron chi connectivity index (χ0n) is 15.5. The molecule has 2 aliphatic heterocycles. The maximum Gasteiger partial charge on any atom is 0.193 e. The molecule has 2 atom stereocenters. The second kappa shape index (κ2) is 7.16. The highest BCUT2D eigenvalue weighted by Gasteiger charge is 2.27. The summed E-state index contributed by atoms with van der Waals surface area (Å²) < 4.78 is 1.75. The van der Waals surface area contributed by atoms with Crippen LogP contribution in [0.3, 0.4) is 0 Å². The van der Waals surface area contributed by atoms with E-state index in [1.165, 1.54) is 24.8 Å². The molecule has 2 bridgehead atoms. The Morgan fingerprint density at radius 1 is 1.14 bits per heavy atom. The van der Waals surface area contributed by atoms with Crippen molar-refractivity contribution < 1.29 is 0 Å². The van der Waals surface area contributed by atoms with Crippen LogP contribution >= 0.6 is 0 Å². The molecule has 2 N–H and O–H groups in total. The summed E-state index contributed by atoms with van der Waals surface area (Å²) in [6.45, 7) is 0. The molecule has 3 aromatic rings. The molecule has 0 radical (unpaired) electrons. The van der Waals surface area contributed by atoms with Crippen molar-refractivity contribution in [3.05, 3.63) is 64.9 Å². The summed E-state index contributed by atoms with van der Waals surface area (Å²) in [5.41, 5.74) is 3.27. The molecule has 28 heavy (non-hydrogen) atoms. The fraction of sp³-hybridized carbons (Fsp3) is 0.333. The third kappa shape index (κ3) is 3.41. The Hall–Kier alpha value is -3.06. The van der Waals surface area contributed by atoms with E-state index in [0.29, 0.717) is 29.2 Å². The van der Waals surface area contributed by atoms with Crippen molar-refractivity contribution in [3.8, 4) is 17.1 Å². The molecule has 2 fully saturated rings. The van der Waals surface area contributed by atoms with Crippen LogP contribution in [0, 0.1) is 0 Å². The number of imidazole rings is 1. The number of fused-ring (bicyclic) bond motifs is 2. The summed E-state index contributed by atoms with van der Waals surface area (Å²) in [4.78, 5) is 28.6. The molecule has 0 amide bonds. The molecule has 142 valence electrons. The van der Waals surface area contributed by atoms with E-state index >= 15 is 0 Å². The van der Waals surface area contributed by atoms with Gasteiger partial charge >= 0.3 is 0 Å². The topological polar surface area (TPSA) is 88.5 Å². The van der Waals surface area contributed by atoms with E-state index in [4.69, 9.17) is 0 Å². The van der Waals surface area contributed by atoms with Gasteiger partial charge in [0.05, 0.1) is 29.3 Å². The summed E-state index contributed by atoms with van der Waals surface area (Å²) in [7, 11) is 0. The van der Waals surface area contributed by atoms with Crippen LogP contribution in [0.2, 0.25) is 0 Å². The number of nitrogens with zero attached hydrogens (tertiary/aromatic N) is 4. The Balaban J connectivity index is 1.37. The second-order valence-corrected chi connectivity index (χ2v) is 7.59. The number of hydrogen-bond donors (Lipinski definition) is 2. The predicted octanol–water partition coefficient (Wildman–Crippen LogP) is 2.71. The molecule has 0 spiro atoms. The average Bonchev–Trinajstić information content (AvgIpc) is 3.23. The summed E-state index contributed by atoms with van der Waals surface area (Å²) in [6.07, 6.45) is 18.4. The van der Waals surface area contributed by atoms with Crippen LogP contribution in [0.1, 0.15) is 37.8 Å². The lowest BCUT2D eigenvalue weighted by Crippen LogP contribution is -2.46. The third-order valence-electron chi connectivity index (χ3n) is 5.57. The van der Waals surface area contributed by atoms with E-state index in [1.807, 2.05) is 0 Å². The van der Waals surface area contributed by atoms with Gasteiger partial charge in [0.1, 0.15) is 12.1 Å². The Labute approximate surface area is 162 Å². The summed E-state index contributed by atoms with van der Waals surface area (Å²) in [6, 6.07) is 2.76. The predicted molar refractivity (Wildman–Crippen MR) is 107 cm³/mol. The quantitative estimate of drug-likeness (QED) is 0.736. The lowest BCUT2D eigenvalue weighted by molar-refractivity contribution is 0.283. The number of H-pyrrole nitrogens is 1. The number of piperidine rings is 2. The minimum atomic E-state index is -0.103. The highest BCUT2D eigenvalue weighted by atomic mass is 16.1. The minimum absolute atomic E-state index is 0.103. The molecule has 7 heteroatoms. The number of nitrogens with one attached hydrogen (secondary N) is 2. The lowest BCUT2D eigenvalue weighted by atomic mass is 9.83. The standard InChI is InChI=1S/C21H22N6O/c28-20-9-21(27-5-4-22-13-27)25-11-18(20)19-12-23-17(10-24-19)8-14-6-15-2-1-3-16(7-14)26-15/h4-5,8-13,15-16,26H,1-3,6-7H2,(H,25,28). The van der Waals surface area contributed by atoms with Gasteiger partial charge < -0.3 is 10.3 Å². The zero-order chi connectivity index (χ0) is 18.9. The number of rotatable bonds is 3. The van der Waals surface area contributed by atoms with Gasteiger partial charge in [-0.05, 0) is 31.8 Å². The summed E-state index contributed by atoms with van der Waals surface area (Å²) in [5.74, 6) is 0.664. The van der Waals surface area contributed by atoms with Gasteiger partial charge in [0.2, 0.25) is 0 Å². The van der Waals surface area contributed by atoms with Crippen molar-refractivity contribution in [2.45, 2.75) is 44.2 Å². The molecule has 5 rings (SSSR count). The van der Waals surface area contributed by atoms with Crippen LogP contribution in [0.15, 0.2) is 53.7 Å². The van der Waals surface area contributed by atoms with Crippen LogP contribution in [-0.4, -0.2) is 36.6 Å². The van der Waals surface area contributed by atoms with E-state index in [2.05, 4.69) is 31.3 Å². The summed E-state index contributed by atoms with van der Waals surface area (Å²) >= 11 is 0. The number of aromatic amines is 1. The van der Waals surface area contributed by atoms with Gasteiger partial charge in [0.25, 0.3) is 0 Å². The molecular formula is C21H22N6O. The SMILES string of the molecule is O=c1cc(-n2ccnc2)[nH]cc1-c1cnc(C=C2CC3CCCC(C2)N3)cn1. The van der Waals surface area contributed by atoms with Gasteiger partial charge in [-0.15, -0.1) is 0 Å². The molecule has 7 nitrogen and oxygen atoms in total. The van der Waals surface area contributed by atoms with Crippen LogP contribution in [-0.2, 0) is 0 Å². The van der Waals surface area contributed by atoms with Crippen LogP contribution < -0.4 is 10.7 Å². The number of pyridine rings is 1. The van der Waals surface area contributed by atoms with Crippen molar-refractivity contribution in [1.29, 1.82) is 0 Å². The zero-order valence-corrected chi connectivity index (χ0v) is 15.5. The van der Waals surface area contributed by atoms with Gasteiger partial charge in [0.15, 0.2) is 5.43 Å². The van der Waals surface area contributed by atoms with E-state index < -0.39 is 0 Å². The van der Waals surface area contributed by atoms with E-state index in [9.17, 15) is 4.79 Å². The molecule has 5 heterocycles. The highest BCUT2D eigenvalue weighted by molar-refractivity contribution is 5.59. The minimum Gasteiger partial charge on any atom is -0.347 e. The Morgan fingerprint density at radius 3 is 2.68 bits per heavy atom.